The van der Waals surface area contributed by atoms with Gasteiger partial charge in [-0.2, -0.15) is 0 Å². The molecule has 0 aliphatic carbocycles. The Hall–Kier alpha value is -0.980. The van der Waals surface area contributed by atoms with E-state index < -0.39 is 0 Å². The van der Waals surface area contributed by atoms with Gasteiger partial charge in [-0.25, -0.2) is 0 Å². The number of carbonyl (C=O) groups excluding carboxylic acids is 1. The lowest BCUT2D eigenvalue weighted by atomic mass is 10.0. The summed E-state index contributed by atoms with van der Waals surface area (Å²) in [5, 5.41) is 10.5. The van der Waals surface area contributed by atoms with Crippen molar-refractivity contribution in [1.29, 1.82) is 0 Å². The summed E-state index contributed by atoms with van der Waals surface area (Å²) in [7, 11) is 1.89. The lowest BCUT2D eigenvalue weighted by Crippen LogP contribution is -2.16. The van der Waals surface area contributed by atoms with Gasteiger partial charge in [0, 0.05) is 13.5 Å². The van der Waals surface area contributed by atoms with Crippen LogP contribution < -0.4 is 11.1 Å². The molecule has 0 unspecified atom stereocenters. The van der Waals surface area contributed by atoms with Gasteiger partial charge in [-0.3, -0.25) is 4.79 Å². The van der Waals surface area contributed by atoms with E-state index in [2.05, 4.69) is 33.0 Å². The highest BCUT2D eigenvalue weighted by molar-refractivity contribution is 5.48. The number of nitrogens with one attached hydrogen (secondary N) is 1. The van der Waals surface area contributed by atoms with Crippen LogP contribution in [-0.2, 0) is 14.3 Å². The van der Waals surface area contributed by atoms with Crippen LogP contribution in [0.4, 0.5) is 0 Å². The van der Waals surface area contributed by atoms with Crippen molar-refractivity contribution in [3.8, 4) is 0 Å². The van der Waals surface area contributed by atoms with Crippen molar-refractivity contribution in [1.82, 2.24) is 5.32 Å². The Bertz CT molecular complexity index is 588. The number of methoxy groups -OCH3 is 1. The average molecular weight is 801 g/mol. The van der Waals surface area contributed by atoms with Crippen LogP contribution in [0.25, 0.3) is 0 Å². The highest BCUT2D eigenvalue weighted by Gasteiger charge is 2.06. The van der Waals surface area contributed by atoms with Crippen molar-refractivity contribution >= 4 is 12.8 Å². The van der Waals surface area contributed by atoms with E-state index in [0.717, 1.165) is 25.7 Å². The minimum Gasteiger partial charge on any atom is -0.483 e. The molecule has 0 fully saturated rings. The Kier molecular flexibility index (Phi) is 82.2. The number of ether oxygens (including phenoxy) is 1. The minimum absolute atomic E-state index is 0.250. The fourth-order valence-electron chi connectivity index (χ4n) is 6.66. The first-order valence-corrected chi connectivity index (χ1v) is 25.0. The maximum Gasteiger partial charge on any atom is 0.290 e. The molecule has 0 saturated heterocycles. The van der Waals surface area contributed by atoms with Gasteiger partial charge >= 0.3 is 0 Å². The van der Waals surface area contributed by atoms with Crippen molar-refractivity contribution in [2.75, 3.05) is 26.7 Å². The van der Waals surface area contributed by atoms with Gasteiger partial charge in [0.25, 0.3) is 6.47 Å². The number of hydrogen-bond acceptors (Lipinski definition) is 5. The zero-order chi connectivity index (χ0) is 42.7. The second-order valence-corrected chi connectivity index (χ2v) is 15.6. The predicted octanol–water partition coefficient (Wildman–Crippen LogP) is 16.0. The van der Waals surface area contributed by atoms with Gasteiger partial charge in [-0.15, -0.1) is 0 Å². The standard InChI is InChI=1S/C24H49NO.C18H38O.C5H13N.C2H6.CH2O2/c1-2-3-4-5-6-7-8-9-10-11-12-13-16-19-22-25-23-20-17-14-15-18-21-24-26;1-4-6-8-10-12-14-16-18(19-3)17-15-13-11-9-7-5-2;1-2-3-4-5-6;1-2;2-1-3/h24-25H,2-23H2,1H3;18H,4-17H2,1-3H3;2-6H2,1H3;1-2H3;1H,(H,2,3). The van der Waals surface area contributed by atoms with Crippen LogP contribution in [0.1, 0.15) is 279 Å². The summed E-state index contributed by atoms with van der Waals surface area (Å²) in [4.78, 5) is 18.6. The predicted molar refractivity (Wildman–Crippen MR) is 252 cm³/mol. The smallest absolute Gasteiger partial charge is 0.290 e. The summed E-state index contributed by atoms with van der Waals surface area (Å²) in [6, 6.07) is 0. The van der Waals surface area contributed by atoms with E-state index in [-0.39, 0.29) is 6.47 Å². The largest absolute Gasteiger partial charge is 0.483 e. The monoisotopic (exact) mass is 801 g/mol. The summed E-state index contributed by atoms with van der Waals surface area (Å²) < 4.78 is 5.61. The van der Waals surface area contributed by atoms with Crippen LogP contribution in [0.3, 0.4) is 0 Å². The third-order valence-corrected chi connectivity index (χ3v) is 10.3. The molecule has 342 valence electrons. The lowest BCUT2D eigenvalue weighted by molar-refractivity contribution is -0.122. The zero-order valence-electron chi connectivity index (χ0n) is 39.8. The quantitative estimate of drug-likeness (QED) is 0.0420. The van der Waals surface area contributed by atoms with E-state index in [1.807, 2.05) is 21.0 Å². The van der Waals surface area contributed by atoms with Crippen molar-refractivity contribution in [3.05, 3.63) is 0 Å². The molecule has 0 radical (unpaired) electrons. The molecule has 0 atom stereocenters. The number of hydrogen-bond donors (Lipinski definition) is 3. The molecule has 0 spiro atoms. The summed E-state index contributed by atoms with van der Waals surface area (Å²) >= 11 is 0. The third kappa shape index (κ3) is 77.5. The second kappa shape index (κ2) is 71.7. The minimum atomic E-state index is -0.250. The van der Waals surface area contributed by atoms with E-state index in [1.54, 1.807) is 0 Å². The van der Waals surface area contributed by atoms with E-state index >= 15 is 0 Å². The summed E-state index contributed by atoms with van der Waals surface area (Å²) in [5.74, 6) is 0. The normalized spacial score (nSPS) is 10.3. The van der Waals surface area contributed by atoms with Crippen LogP contribution in [0.15, 0.2) is 0 Å². The van der Waals surface area contributed by atoms with Gasteiger partial charge < -0.3 is 25.7 Å². The maximum atomic E-state index is 10.2. The molecule has 0 bridgehead atoms. The van der Waals surface area contributed by atoms with E-state index in [0.29, 0.717) is 6.10 Å². The average Bonchev–Trinajstić information content (AvgIpc) is 3.22. The van der Waals surface area contributed by atoms with Gasteiger partial charge in [-0.1, -0.05) is 234 Å². The Morgan fingerprint density at radius 3 is 1.00 bits per heavy atom. The Labute approximate surface area is 354 Å². The van der Waals surface area contributed by atoms with E-state index in [9.17, 15) is 4.79 Å². The van der Waals surface area contributed by atoms with Crippen molar-refractivity contribution in [2.45, 2.75) is 285 Å². The lowest BCUT2D eigenvalue weighted by Gasteiger charge is -2.15. The Morgan fingerprint density at radius 2 is 0.732 bits per heavy atom. The highest BCUT2D eigenvalue weighted by Crippen LogP contribution is 2.16. The summed E-state index contributed by atoms with van der Waals surface area (Å²) in [5.41, 5.74) is 5.21. The number of carbonyl (C=O) groups is 2. The van der Waals surface area contributed by atoms with E-state index in [4.69, 9.17) is 20.4 Å². The number of rotatable bonds is 41. The molecular weight excluding hydrogens is 693 g/mol. The SMILES string of the molecule is CC.CCCCCCCCC(CCCCCCCC)OC.CCCCCCCCCCCCCCCCNCCCCCCCC=O.CCCCCN.O=CO. The molecule has 0 aromatic rings. The zero-order valence-corrected chi connectivity index (χ0v) is 39.8. The number of nitrogens with two attached hydrogens (primary N) is 1. The molecule has 0 aliphatic heterocycles. The van der Waals surface area contributed by atoms with Crippen LogP contribution in [0, 0.1) is 0 Å². The van der Waals surface area contributed by atoms with Crippen LogP contribution in [0.2, 0.25) is 0 Å². The first-order valence-electron chi connectivity index (χ1n) is 25.0. The topological polar surface area (TPSA) is 102 Å². The van der Waals surface area contributed by atoms with Crippen molar-refractivity contribution in [3.63, 3.8) is 0 Å². The van der Waals surface area contributed by atoms with Crippen LogP contribution in [-0.4, -0.2) is 50.7 Å². The molecule has 56 heavy (non-hydrogen) atoms. The molecule has 4 N–H and O–H groups in total. The molecule has 0 aromatic heterocycles. The molecule has 0 heterocycles. The van der Waals surface area contributed by atoms with E-state index in [1.165, 1.54) is 238 Å². The Morgan fingerprint density at radius 1 is 0.464 bits per heavy atom. The number of aldehydes is 1. The maximum absolute atomic E-state index is 10.2. The fraction of sp³-hybridized carbons (Fsp3) is 0.960. The molecule has 0 rings (SSSR count). The highest BCUT2D eigenvalue weighted by atomic mass is 16.5. The van der Waals surface area contributed by atoms with Gasteiger partial charge in [0.1, 0.15) is 6.29 Å². The van der Waals surface area contributed by atoms with Gasteiger partial charge in [0.05, 0.1) is 6.10 Å². The third-order valence-electron chi connectivity index (χ3n) is 10.3. The van der Waals surface area contributed by atoms with Crippen molar-refractivity contribution < 1.29 is 19.4 Å². The van der Waals surface area contributed by atoms with Crippen LogP contribution >= 0.6 is 0 Å². The molecule has 0 saturated carbocycles. The first kappa shape index (κ1) is 64.2. The summed E-state index contributed by atoms with van der Waals surface area (Å²) in [6.07, 6.45) is 51.6. The molecule has 6 nitrogen and oxygen atoms in total. The fourth-order valence-corrected chi connectivity index (χ4v) is 6.66. The molecule has 6 heteroatoms. The van der Waals surface area contributed by atoms with Gasteiger partial charge in [-0.05, 0) is 58.2 Å². The second-order valence-electron chi connectivity index (χ2n) is 15.6. The molecular formula is C50H108N2O4. The first-order chi connectivity index (χ1) is 27.6. The summed E-state index contributed by atoms with van der Waals surface area (Å²) in [6.45, 7) is 16.0. The van der Waals surface area contributed by atoms with Crippen LogP contribution in [0.5, 0.6) is 0 Å². The number of carboxylic acid groups (broad SMARTS) is 1. The Balaban J connectivity index is -0.000000251. The molecule has 0 aliphatic rings. The number of unbranched alkanes of at least 4 members (excludes halogenated alkanes) is 30. The van der Waals surface area contributed by atoms with Gasteiger partial charge in [0.2, 0.25) is 0 Å². The molecule has 0 amide bonds. The van der Waals surface area contributed by atoms with Gasteiger partial charge in [0.15, 0.2) is 0 Å². The van der Waals surface area contributed by atoms with Crippen molar-refractivity contribution in [2.24, 2.45) is 5.73 Å². The molecule has 0 aromatic carbocycles.